The van der Waals surface area contributed by atoms with E-state index in [0.29, 0.717) is 5.56 Å². The van der Waals surface area contributed by atoms with E-state index in [-0.39, 0.29) is 0 Å². The summed E-state index contributed by atoms with van der Waals surface area (Å²) in [7, 11) is 0. The summed E-state index contributed by atoms with van der Waals surface area (Å²) in [5.41, 5.74) is 1.52. The van der Waals surface area contributed by atoms with Crippen LogP contribution in [0.3, 0.4) is 0 Å². The molecule has 1 aromatic heterocycles. The highest BCUT2D eigenvalue weighted by molar-refractivity contribution is 9.10. The number of rotatable bonds is 1. The van der Waals surface area contributed by atoms with E-state index in [9.17, 15) is 0 Å². The Morgan fingerprint density at radius 3 is 2.67 bits per heavy atom. The van der Waals surface area contributed by atoms with Gasteiger partial charge in [-0.3, -0.25) is 0 Å². The maximum atomic E-state index is 8.73. The van der Waals surface area contributed by atoms with Crippen LogP contribution in [0.5, 0.6) is 0 Å². The molecule has 0 aliphatic carbocycles. The molecule has 74 valence electrons. The second-order valence-electron chi connectivity index (χ2n) is 2.88. The minimum absolute atomic E-state index is 0.622. The van der Waals surface area contributed by atoms with Gasteiger partial charge < -0.3 is 0 Å². The lowest BCUT2D eigenvalue weighted by Gasteiger charge is -2.03. The fourth-order valence-electron chi connectivity index (χ4n) is 1.19. The molecule has 15 heavy (non-hydrogen) atoms. The molecule has 0 N–H and O–H groups in total. The molecule has 3 nitrogen and oxygen atoms in total. The number of halogens is 2. The molecule has 0 radical (unpaired) electrons. The third-order valence-electron chi connectivity index (χ3n) is 1.87. The third-order valence-corrected chi connectivity index (χ3v) is 2.92. The first kappa shape index (κ1) is 10.4. The molecular formula is C10H5Br2N3. The van der Waals surface area contributed by atoms with Gasteiger partial charge in [-0.25, -0.2) is 4.68 Å². The number of nitriles is 1. The number of hydrogen-bond donors (Lipinski definition) is 0. The zero-order valence-corrected chi connectivity index (χ0v) is 10.7. The molecule has 5 heteroatoms. The Hall–Kier alpha value is -1.12. The fourth-order valence-corrected chi connectivity index (χ4v) is 2.04. The topological polar surface area (TPSA) is 41.6 Å². The normalized spacial score (nSPS) is 9.93. The first-order valence-corrected chi connectivity index (χ1v) is 5.69. The van der Waals surface area contributed by atoms with Crippen molar-refractivity contribution in [3.05, 3.63) is 45.1 Å². The molecule has 0 fully saturated rings. The van der Waals surface area contributed by atoms with Crippen molar-refractivity contribution in [2.75, 3.05) is 0 Å². The van der Waals surface area contributed by atoms with Crippen molar-refractivity contribution < 1.29 is 0 Å². The Balaban J connectivity index is 2.51. The highest BCUT2D eigenvalue weighted by Crippen LogP contribution is 2.22. The molecule has 2 rings (SSSR count). The van der Waals surface area contributed by atoms with Gasteiger partial charge in [0.15, 0.2) is 0 Å². The van der Waals surface area contributed by atoms with Crippen LogP contribution >= 0.6 is 31.9 Å². The van der Waals surface area contributed by atoms with Crippen LogP contribution in [0.2, 0.25) is 0 Å². The number of benzene rings is 1. The minimum Gasteiger partial charge on any atom is -0.239 e. The van der Waals surface area contributed by atoms with Crippen LogP contribution in [-0.4, -0.2) is 9.78 Å². The van der Waals surface area contributed by atoms with E-state index in [1.807, 2.05) is 12.3 Å². The molecule has 1 aromatic carbocycles. The fraction of sp³-hybridized carbons (Fsp3) is 0. The van der Waals surface area contributed by atoms with E-state index in [0.717, 1.165) is 14.6 Å². The van der Waals surface area contributed by atoms with Gasteiger partial charge in [-0.1, -0.05) is 0 Å². The van der Waals surface area contributed by atoms with Crippen LogP contribution in [0.4, 0.5) is 0 Å². The minimum atomic E-state index is 0.622. The van der Waals surface area contributed by atoms with E-state index in [1.54, 1.807) is 23.0 Å². The van der Waals surface area contributed by atoms with Gasteiger partial charge in [0.05, 0.1) is 28.0 Å². The molecular weight excluding hydrogens is 322 g/mol. The van der Waals surface area contributed by atoms with E-state index >= 15 is 0 Å². The standard InChI is InChI=1S/C10H5Br2N3/c11-8-5-14-15(6-8)10-2-1-7(4-13)3-9(10)12/h1-3,5-6H. The van der Waals surface area contributed by atoms with Crippen molar-refractivity contribution >= 4 is 31.9 Å². The Morgan fingerprint density at radius 2 is 2.13 bits per heavy atom. The molecule has 0 atom stereocenters. The average Bonchev–Trinajstić information content (AvgIpc) is 2.64. The van der Waals surface area contributed by atoms with Gasteiger partial charge in [0.2, 0.25) is 0 Å². The predicted octanol–water partition coefficient (Wildman–Crippen LogP) is 3.27. The van der Waals surface area contributed by atoms with Gasteiger partial charge >= 0.3 is 0 Å². The summed E-state index contributed by atoms with van der Waals surface area (Å²) in [5, 5.41) is 12.9. The highest BCUT2D eigenvalue weighted by Gasteiger charge is 2.04. The summed E-state index contributed by atoms with van der Waals surface area (Å²) in [6.45, 7) is 0. The average molecular weight is 327 g/mol. The number of hydrogen-bond acceptors (Lipinski definition) is 2. The molecule has 0 unspecified atom stereocenters. The van der Waals surface area contributed by atoms with Gasteiger partial charge in [-0.15, -0.1) is 0 Å². The largest absolute Gasteiger partial charge is 0.239 e. The Kier molecular flexibility index (Phi) is 2.89. The third kappa shape index (κ3) is 2.11. The van der Waals surface area contributed by atoms with Crippen LogP contribution in [0, 0.1) is 11.3 Å². The second kappa shape index (κ2) is 4.17. The maximum Gasteiger partial charge on any atom is 0.0992 e. The van der Waals surface area contributed by atoms with E-state index in [2.05, 4.69) is 43.0 Å². The quantitative estimate of drug-likeness (QED) is 0.807. The van der Waals surface area contributed by atoms with Gasteiger partial charge in [0, 0.05) is 10.7 Å². The molecule has 0 aliphatic rings. The Bertz CT molecular complexity index is 540. The summed E-state index contributed by atoms with van der Waals surface area (Å²) < 4.78 is 3.49. The summed E-state index contributed by atoms with van der Waals surface area (Å²) in [6, 6.07) is 7.46. The molecule has 0 spiro atoms. The van der Waals surface area contributed by atoms with E-state index < -0.39 is 0 Å². The smallest absolute Gasteiger partial charge is 0.0992 e. The van der Waals surface area contributed by atoms with Gasteiger partial charge in [0.1, 0.15) is 0 Å². The maximum absolute atomic E-state index is 8.73. The van der Waals surface area contributed by atoms with Crippen LogP contribution in [0.25, 0.3) is 5.69 Å². The van der Waals surface area contributed by atoms with Crippen LogP contribution in [0.1, 0.15) is 5.56 Å². The summed E-state index contributed by atoms with van der Waals surface area (Å²) in [4.78, 5) is 0. The van der Waals surface area contributed by atoms with Crippen LogP contribution in [-0.2, 0) is 0 Å². The van der Waals surface area contributed by atoms with Crippen molar-refractivity contribution in [3.8, 4) is 11.8 Å². The summed E-state index contributed by atoms with van der Waals surface area (Å²) >= 11 is 6.74. The van der Waals surface area contributed by atoms with Crippen molar-refractivity contribution in [1.29, 1.82) is 5.26 Å². The van der Waals surface area contributed by atoms with Crippen LogP contribution < -0.4 is 0 Å². The van der Waals surface area contributed by atoms with Crippen LogP contribution in [0.15, 0.2) is 39.5 Å². The first-order valence-electron chi connectivity index (χ1n) is 4.11. The molecule has 0 saturated heterocycles. The summed E-state index contributed by atoms with van der Waals surface area (Å²) in [5.74, 6) is 0. The molecule has 0 saturated carbocycles. The zero-order chi connectivity index (χ0) is 10.8. The van der Waals surface area contributed by atoms with Crippen molar-refractivity contribution in [2.24, 2.45) is 0 Å². The SMILES string of the molecule is N#Cc1ccc(-n2cc(Br)cn2)c(Br)c1. The lowest BCUT2D eigenvalue weighted by Crippen LogP contribution is -1.95. The Morgan fingerprint density at radius 1 is 1.33 bits per heavy atom. The molecule has 1 heterocycles. The lowest BCUT2D eigenvalue weighted by molar-refractivity contribution is 0.876. The highest BCUT2D eigenvalue weighted by atomic mass is 79.9. The van der Waals surface area contributed by atoms with E-state index in [4.69, 9.17) is 5.26 Å². The molecule has 0 amide bonds. The number of nitrogens with zero attached hydrogens (tertiary/aromatic N) is 3. The van der Waals surface area contributed by atoms with Crippen molar-refractivity contribution in [3.63, 3.8) is 0 Å². The van der Waals surface area contributed by atoms with Gasteiger partial charge in [-0.05, 0) is 50.1 Å². The zero-order valence-electron chi connectivity index (χ0n) is 7.48. The molecule has 2 aromatic rings. The van der Waals surface area contributed by atoms with Crippen molar-refractivity contribution in [2.45, 2.75) is 0 Å². The number of aromatic nitrogens is 2. The summed E-state index contributed by atoms with van der Waals surface area (Å²) in [6.07, 6.45) is 3.57. The first-order chi connectivity index (χ1) is 7.20. The van der Waals surface area contributed by atoms with E-state index in [1.165, 1.54) is 0 Å². The van der Waals surface area contributed by atoms with Crippen molar-refractivity contribution in [1.82, 2.24) is 9.78 Å². The monoisotopic (exact) mass is 325 g/mol. The molecule has 0 aliphatic heterocycles. The van der Waals surface area contributed by atoms with Gasteiger partial charge in [0.25, 0.3) is 0 Å². The predicted molar refractivity (Wildman–Crippen MR) is 63.7 cm³/mol. The molecule has 0 bridgehead atoms. The second-order valence-corrected chi connectivity index (χ2v) is 4.65. The Labute approximate surface area is 104 Å². The van der Waals surface area contributed by atoms with Gasteiger partial charge in [-0.2, -0.15) is 10.4 Å². The lowest BCUT2D eigenvalue weighted by atomic mass is 10.2.